The van der Waals surface area contributed by atoms with Gasteiger partial charge in [-0.3, -0.25) is 4.79 Å². The number of hydrogen-bond acceptors (Lipinski definition) is 5. The average molecular weight is 454 g/mol. The number of carbonyl (C=O) groups excluding carboxylic acids is 2. The van der Waals surface area contributed by atoms with Gasteiger partial charge in [0.25, 0.3) is 0 Å². The lowest BCUT2D eigenvalue weighted by Crippen LogP contribution is -2.23. The highest BCUT2D eigenvalue weighted by Gasteiger charge is 2.25. The van der Waals surface area contributed by atoms with E-state index >= 15 is 0 Å². The van der Waals surface area contributed by atoms with E-state index in [1.165, 1.54) is 19.2 Å². The third kappa shape index (κ3) is 5.74. The number of rotatable bonds is 5. The molecule has 1 heterocycles. The smallest absolute Gasteiger partial charge is 0.346 e. The number of ether oxygens (including phenoxy) is 1. The predicted octanol–water partition coefficient (Wildman–Crippen LogP) is 5.57. The Bertz CT molecular complexity index is 1150. The van der Waals surface area contributed by atoms with Crippen molar-refractivity contribution in [2.45, 2.75) is 44.6 Å². The molecule has 2 aromatic carbocycles. The van der Waals surface area contributed by atoms with Crippen LogP contribution in [0.3, 0.4) is 0 Å². The summed E-state index contributed by atoms with van der Waals surface area (Å²) in [6, 6.07) is 12.1. The molecule has 0 saturated heterocycles. The van der Waals surface area contributed by atoms with Crippen LogP contribution in [-0.4, -0.2) is 27.9 Å². The lowest BCUT2D eigenvalue weighted by Gasteiger charge is -2.29. The summed E-state index contributed by atoms with van der Waals surface area (Å²) in [7, 11) is 0. The minimum absolute atomic E-state index is 0.0466. The van der Waals surface area contributed by atoms with Crippen molar-refractivity contribution in [1.82, 2.24) is 9.78 Å². The number of nitrogens with one attached hydrogen (secondary N) is 2. The first-order valence-corrected chi connectivity index (χ1v) is 10.7. The molecule has 1 aromatic heterocycles. The summed E-state index contributed by atoms with van der Waals surface area (Å²) in [6.45, 7) is 1.43. The molecule has 1 aliphatic carbocycles. The van der Waals surface area contributed by atoms with Gasteiger partial charge in [-0.25, -0.2) is 13.6 Å². The minimum Gasteiger partial charge on any atom is -0.463 e. The maximum absolute atomic E-state index is 13.3. The van der Waals surface area contributed by atoms with Gasteiger partial charge in [-0.2, -0.15) is 4.68 Å². The summed E-state index contributed by atoms with van der Waals surface area (Å²) in [5, 5.41) is 9.70. The van der Waals surface area contributed by atoms with Crippen LogP contribution in [0.2, 0.25) is 0 Å². The Labute approximate surface area is 189 Å². The van der Waals surface area contributed by atoms with Gasteiger partial charge in [-0.05, 0) is 61.4 Å². The van der Waals surface area contributed by atoms with Gasteiger partial charge in [0.1, 0.15) is 6.10 Å². The van der Waals surface area contributed by atoms with Crippen LogP contribution in [0, 0.1) is 11.6 Å². The molecule has 1 saturated carbocycles. The molecule has 7 nitrogen and oxygen atoms in total. The Morgan fingerprint density at radius 2 is 1.79 bits per heavy atom. The number of esters is 1. The highest BCUT2D eigenvalue weighted by atomic mass is 19.2. The minimum atomic E-state index is -0.976. The first-order chi connectivity index (χ1) is 15.9. The number of nitrogens with zero attached hydrogens (tertiary/aromatic N) is 2. The van der Waals surface area contributed by atoms with Crippen LogP contribution >= 0.6 is 0 Å². The summed E-state index contributed by atoms with van der Waals surface area (Å²) in [6.07, 6.45) is 5.14. The molecule has 1 aliphatic rings. The van der Waals surface area contributed by atoms with Crippen LogP contribution in [0.1, 0.15) is 44.1 Å². The van der Waals surface area contributed by atoms with Crippen LogP contribution in [0.25, 0.3) is 0 Å². The van der Waals surface area contributed by atoms with Gasteiger partial charge in [0.15, 0.2) is 17.5 Å². The number of amides is 1. The number of hydrogen-bond donors (Lipinski definition) is 2. The van der Waals surface area contributed by atoms with Crippen molar-refractivity contribution >= 4 is 29.2 Å². The Hall–Kier alpha value is -3.75. The second-order valence-corrected chi connectivity index (χ2v) is 8.05. The fraction of sp³-hybridized carbons (Fsp3) is 0.292. The molecule has 0 aliphatic heterocycles. The fourth-order valence-corrected chi connectivity index (χ4v) is 4.03. The van der Waals surface area contributed by atoms with Crippen molar-refractivity contribution < 1.29 is 23.1 Å². The highest BCUT2D eigenvalue weighted by Crippen LogP contribution is 2.34. The van der Waals surface area contributed by atoms with Crippen molar-refractivity contribution in [3.63, 3.8) is 0 Å². The molecule has 0 bridgehead atoms. The second-order valence-electron chi connectivity index (χ2n) is 8.05. The monoisotopic (exact) mass is 454 g/mol. The zero-order chi connectivity index (χ0) is 23.4. The Morgan fingerprint density at radius 1 is 1.03 bits per heavy atom. The highest BCUT2D eigenvalue weighted by molar-refractivity contribution is 5.90. The largest absolute Gasteiger partial charge is 0.463 e. The van der Waals surface area contributed by atoms with E-state index in [9.17, 15) is 18.4 Å². The molecule has 3 aromatic rings. The Morgan fingerprint density at radius 3 is 2.52 bits per heavy atom. The van der Waals surface area contributed by atoms with Crippen molar-refractivity contribution in [1.29, 1.82) is 0 Å². The molecular weight excluding hydrogens is 430 g/mol. The third-order valence-electron chi connectivity index (χ3n) is 5.58. The van der Waals surface area contributed by atoms with Crippen molar-refractivity contribution in [2.75, 3.05) is 10.6 Å². The van der Waals surface area contributed by atoms with E-state index in [1.54, 1.807) is 6.07 Å². The first kappa shape index (κ1) is 22.4. The third-order valence-corrected chi connectivity index (χ3v) is 5.58. The van der Waals surface area contributed by atoms with Crippen LogP contribution in [0.15, 0.2) is 54.7 Å². The van der Waals surface area contributed by atoms with Crippen molar-refractivity contribution in [3.05, 3.63) is 71.9 Å². The molecule has 2 N–H and O–H groups in total. The standard InChI is InChI=1S/C24H24F2N4O3/c1-15(31)33-20-4-2-3-17(13-20)16-5-7-18(8-6-16)28-24(32)30-12-11-23(29-30)27-19-9-10-21(25)22(26)14-19/h5-12,14,17,20H,2-4,13H2,1H3,(H,27,29)(H,28,32). The van der Waals surface area contributed by atoms with E-state index in [0.29, 0.717) is 23.1 Å². The van der Waals surface area contributed by atoms with Gasteiger partial charge in [-0.15, -0.1) is 5.10 Å². The van der Waals surface area contributed by atoms with E-state index < -0.39 is 17.7 Å². The average Bonchev–Trinajstić information content (AvgIpc) is 3.25. The number of halogens is 2. The Balaban J connectivity index is 1.35. The number of aromatic nitrogens is 2. The number of anilines is 3. The van der Waals surface area contributed by atoms with Crippen LogP contribution in [0.5, 0.6) is 0 Å². The van der Waals surface area contributed by atoms with Gasteiger partial charge >= 0.3 is 12.0 Å². The van der Waals surface area contributed by atoms with E-state index in [0.717, 1.165) is 48.1 Å². The number of carbonyl (C=O) groups is 2. The summed E-state index contributed by atoms with van der Waals surface area (Å²) in [4.78, 5) is 23.8. The zero-order valence-corrected chi connectivity index (χ0v) is 18.1. The molecule has 2 atom stereocenters. The van der Waals surface area contributed by atoms with Crippen LogP contribution in [0.4, 0.5) is 30.8 Å². The molecule has 172 valence electrons. The van der Waals surface area contributed by atoms with Gasteiger partial charge in [-0.1, -0.05) is 12.1 Å². The van der Waals surface area contributed by atoms with Crippen LogP contribution < -0.4 is 10.6 Å². The first-order valence-electron chi connectivity index (χ1n) is 10.7. The van der Waals surface area contributed by atoms with Gasteiger partial charge in [0.05, 0.1) is 0 Å². The molecule has 33 heavy (non-hydrogen) atoms. The Kier molecular flexibility index (Phi) is 6.67. The van der Waals surface area contributed by atoms with E-state index in [2.05, 4.69) is 15.7 Å². The summed E-state index contributed by atoms with van der Waals surface area (Å²) in [5.74, 6) is -1.55. The van der Waals surface area contributed by atoms with Gasteiger partial charge in [0.2, 0.25) is 0 Å². The summed E-state index contributed by atoms with van der Waals surface area (Å²) < 4.78 is 32.9. The van der Waals surface area contributed by atoms with Crippen molar-refractivity contribution in [3.8, 4) is 0 Å². The normalized spacial score (nSPS) is 17.9. The van der Waals surface area contributed by atoms with Gasteiger partial charge < -0.3 is 15.4 Å². The quantitative estimate of drug-likeness (QED) is 0.492. The van der Waals surface area contributed by atoms with E-state index in [4.69, 9.17) is 4.74 Å². The molecule has 1 fully saturated rings. The predicted molar refractivity (Wildman–Crippen MR) is 119 cm³/mol. The molecule has 4 rings (SSSR count). The molecule has 0 radical (unpaired) electrons. The SMILES string of the molecule is CC(=O)OC1CCCC(c2ccc(NC(=O)n3ccc(Nc4ccc(F)c(F)c4)n3)cc2)C1. The number of benzene rings is 2. The molecule has 0 spiro atoms. The summed E-state index contributed by atoms with van der Waals surface area (Å²) in [5.41, 5.74) is 2.07. The lowest BCUT2D eigenvalue weighted by molar-refractivity contribution is -0.147. The molecule has 9 heteroatoms. The molecule has 2 unspecified atom stereocenters. The molecule has 1 amide bonds. The van der Waals surface area contributed by atoms with E-state index in [1.807, 2.05) is 24.3 Å². The fourth-order valence-electron chi connectivity index (χ4n) is 4.03. The maximum atomic E-state index is 13.3. The van der Waals surface area contributed by atoms with Gasteiger partial charge in [0, 0.05) is 36.6 Å². The maximum Gasteiger partial charge on any atom is 0.346 e. The topological polar surface area (TPSA) is 85.2 Å². The van der Waals surface area contributed by atoms with E-state index in [-0.39, 0.29) is 12.1 Å². The van der Waals surface area contributed by atoms with Crippen molar-refractivity contribution in [2.24, 2.45) is 0 Å². The lowest BCUT2D eigenvalue weighted by atomic mass is 9.82. The summed E-state index contributed by atoms with van der Waals surface area (Å²) >= 11 is 0. The second kappa shape index (κ2) is 9.81. The zero-order valence-electron chi connectivity index (χ0n) is 18.1. The molecular formula is C24H24F2N4O3. The van der Waals surface area contributed by atoms with Crippen LogP contribution in [-0.2, 0) is 9.53 Å².